The zero-order valence-corrected chi connectivity index (χ0v) is 16.7. The SMILES string of the molecule is CCCCCCCC1CCC(F)(c2ccc(CCCCC)cc2)CC1. The Kier molecular flexibility index (Phi) is 8.99. The van der Waals surface area contributed by atoms with Gasteiger partial charge in [0.1, 0.15) is 5.67 Å². The summed E-state index contributed by atoms with van der Waals surface area (Å²) in [5, 5.41) is 0. The lowest BCUT2D eigenvalue weighted by Crippen LogP contribution is -2.27. The molecule has 0 unspecified atom stereocenters. The van der Waals surface area contributed by atoms with Gasteiger partial charge in [-0.2, -0.15) is 0 Å². The Hall–Kier alpha value is -0.850. The van der Waals surface area contributed by atoms with Crippen molar-refractivity contribution >= 4 is 0 Å². The normalized spacial score (nSPS) is 23.7. The minimum absolute atomic E-state index is 0.724. The van der Waals surface area contributed by atoms with Crippen LogP contribution in [0.25, 0.3) is 0 Å². The van der Waals surface area contributed by atoms with Gasteiger partial charge in [-0.15, -0.1) is 0 Å². The molecule has 142 valence electrons. The molecule has 0 nitrogen and oxygen atoms in total. The van der Waals surface area contributed by atoms with E-state index in [0.29, 0.717) is 0 Å². The Morgan fingerprint density at radius 3 is 2.08 bits per heavy atom. The average molecular weight is 347 g/mol. The summed E-state index contributed by atoms with van der Waals surface area (Å²) in [5.41, 5.74) is 1.22. The summed E-state index contributed by atoms with van der Waals surface area (Å²) in [7, 11) is 0. The lowest BCUT2D eigenvalue weighted by molar-refractivity contribution is 0.0787. The van der Waals surface area contributed by atoms with E-state index in [-0.39, 0.29) is 0 Å². The first-order valence-electron chi connectivity index (χ1n) is 11.0. The van der Waals surface area contributed by atoms with E-state index in [1.807, 2.05) is 0 Å². The second-order valence-electron chi connectivity index (χ2n) is 8.27. The van der Waals surface area contributed by atoms with E-state index in [1.54, 1.807) is 0 Å². The highest BCUT2D eigenvalue weighted by molar-refractivity contribution is 5.28. The summed E-state index contributed by atoms with van der Waals surface area (Å²) in [4.78, 5) is 0. The maximum Gasteiger partial charge on any atom is 0.136 e. The Morgan fingerprint density at radius 1 is 0.840 bits per heavy atom. The van der Waals surface area contributed by atoms with Crippen LogP contribution < -0.4 is 0 Å². The van der Waals surface area contributed by atoms with E-state index < -0.39 is 5.67 Å². The molecule has 1 aromatic rings. The molecule has 0 radical (unpaired) electrons. The fourth-order valence-electron chi connectivity index (χ4n) is 4.30. The maximum absolute atomic E-state index is 15.4. The lowest BCUT2D eigenvalue weighted by atomic mass is 9.75. The summed E-state index contributed by atoms with van der Waals surface area (Å²) in [6.45, 7) is 4.50. The second kappa shape index (κ2) is 11.0. The molecule has 0 heterocycles. The Bertz CT molecular complexity index is 453. The fourth-order valence-corrected chi connectivity index (χ4v) is 4.30. The molecule has 0 N–H and O–H groups in total. The third-order valence-electron chi connectivity index (χ3n) is 6.15. The van der Waals surface area contributed by atoms with Crippen molar-refractivity contribution in [2.45, 2.75) is 109 Å². The molecule has 1 fully saturated rings. The van der Waals surface area contributed by atoms with Crippen molar-refractivity contribution < 1.29 is 4.39 Å². The van der Waals surface area contributed by atoms with Gasteiger partial charge in [0.25, 0.3) is 0 Å². The van der Waals surface area contributed by atoms with Gasteiger partial charge in [-0.1, -0.05) is 89.5 Å². The van der Waals surface area contributed by atoms with E-state index in [2.05, 4.69) is 38.1 Å². The number of halogens is 1. The van der Waals surface area contributed by atoms with Crippen molar-refractivity contribution in [3.63, 3.8) is 0 Å². The lowest BCUT2D eigenvalue weighted by Gasteiger charge is -2.34. The first kappa shape index (κ1) is 20.5. The predicted molar refractivity (Wildman–Crippen MR) is 108 cm³/mol. The molecule has 1 aromatic carbocycles. The standard InChI is InChI=1S/C24H39F/c1-3-5-7-8-10-12-22-17-19-24(25,20-18-22)23-15-13-21(14-16-23)11-9-6-4-2/h13-16,22H,3-12,17-20H2,1-2H3. The van der Waals surface area contributed by atoms with Crippen molar-refractivity contribution in [3.8, 4) is 0 Å². The number of unbranched alkanes of at least 4 members (excludes halogenated alkanes) is 6. The molecule has 0 amide bonds. The molecule has 0 atom stereocenters. The number of alkyl halides is 1. The smallest absolute Gasteiger partial charge is 0.136 e. The third-order valence-corrected chi connectivity index (χ3v) is 6.15. The van der Waals surface area contributed by atoms with E-state index in [4.69, 9.17) is 0 Å². The van der Waals surface area contributed by atoms with Crippen molar-refractivity contribution in [3.05, 3.63) is 35.4 Å². The Balaban J connectivity index is 1.75. The summed E-state index contributed by atoms with van der Waals surface area (Å²) < 4.78 is 15.4. The van der Waals surface area contributed by atoms with Crippen LogP contribution in [0.4, 0.5) is 4.39 Å². The molecule has 0 spiro atoms. The predicted octanol–water partition coefficient (Wildman–Crippen LogP) is 8.13. The summed E-state index contributed by atoms with van der Waals surface area (Å²) in [5.74, 6) is 0.763. The van der Waals surface area contributed by atoms with Crippen LogP contribution in [0.5, 0.6) is 0 Å². The highest BCUT2D eigenvalue weighted by atomic mass is 19.1. The van der Waals surface area contributed by atoms with Gasteiger partial charge in [0.05, 0.1) is 0 Å². The van der Waals surface area contributed by atoms with Crippen molar-refractivity contribution in [1.82, 2.24) is 0 Å². The Morgan fingerprint density at radius 2 is 1.44 bits per heavy atom. The van der Waals surface area contributed by atoms with Gasteiger partial charge in [0.15, 0.2) is 0 Å². The molecule has 0 bridgehead atoms. The maximum atomic E-state index is 15.4. The fraction of sp³-hybridized carbons (Fsp3) is 0.750. The first-order valence-corrected chi connectivity index (χ1v) is 11.0. The zero-order chi connectivity index (χ0) is 18.0. The van der Waals surface area contributed by atoms with Gasteiger partial charge in [0.2, 0.25) is 0 Å². The minimum atomic E-state index is -1.07. The number of aryl methyl sites for hydroxylation is 1. The van der Waals surface area contributed by atoms with E-state index >= 15 is 4.39 Å². The molecule has 0 aliphatic heterocycles. The van der Waals surface area contributed by atoms with Gasteiger partial charge in [0, 0.05) is 0 Å². The molecule has 25 heavy (non-hydrogen) atoms. The van der Waals surface area contributed by atoms with E-state index in [0.717, 1.165) is 43.6 Å². The molecule has 1 saturated carbocycles. The van der Waals surface area contributed by atoms with Gasteiger partial charge in [-0.05, 0) is 55.6 Å². The van der Waals surface area contributed by atoms with Gasteiger partial charge in [-0.3, -0.25) is 0 Å². The zero-order valence-electron chi connectivity index (χ0n) is 16.7. The summed E-state index contributed by atoms with van der Waals surface area (Å²) in [6.07, 6.45) is 16.6. The van der Waals surface area contributed by atoms with Crippen molar-refractivity contribution in [1.29, 1.82) is 0 Å². The van der Waals surface area contributed by atoms with Crippen molar-refractivity contribution in [2.75, 3.05) is 0 Å². The molecular formula is C24H39F. The number of benzene rings is 1. The van der Waals surface area contributed by atoms with Crippen molar-refractivity contribution in [2.24, 2.45) is 5.92 Å². The monoisotopic (exact) mass is 346 g/mol. The number of hydrogen-bond donors (Lipinski definition) is 0. The third kappa shape index (κ3) is 6.76. The average Bonchev–Trinajstić information content (AvgIpc) is 2.64. The van der Waals surface area contributed by atoms with Crippen LogP contribution in [0, 0.1) is 5.92 Å². The molecule has 1 aliphatic rings. The second-order valence-corrected chi connectivity index (χ2v) is 8.27. The topological polar surface area (TPSA) is 0 Å². The van der Waals surface area contributed by atoms with Crippen LogP contribution in [-0.2, 0) is 12.1 Å². The molecule has 0 saturated heterocycles. The van der Waals surface area contributed by atoms with Crippen LogP contribution in [-0.4, -0.2) is 0 Å². The highest BCUT2D eigenvalue weighted by Crippen LogP contribution is 2.44. The summed E-state index contributed by atoms with van der Waals surface area (Å²) >= 11 is 0. The van der Waals surface area contributed by atoms with Gasteiger partial charge in [-0.25, -0.2) is 4.39 Å². The number of rotatable bonds is 11. The molecule has 1 aliphatic carbocycles. The van der Waals surface area contributed by atoms with Gasteiger partial charge < -0.3 is 0 Å². The van der Waals surface area contributed by atoms with Crippen LogP contribution in [0.15, 0.2) is 24.3 Å². The van der Waals surface area contributed by atoms with Crippen LogP contribution >= 0.6 is 0 Å². The minimum Gasteiger partial charge on any atom is -0.239 e. The summed E-state index contributed by atoms with van der Waals surface area (Å²) in [6, 6.07) is 8.44. The number of hydrogen-bond acceptors (Lipinski definition) is 0. The van der Waals surface area contributed by atoms with E-state index in [9.17, 15) is 0 Å². The first-order chi connectivity index (χ1) is 12.2. The molecular weight excluding hydrogens is 307 g/mol. The quantitative estimate of drug-likeness (QED) is 0.355. The molecule has 2 rings (SSSR count). The highest BCUT2D eigenvalue weighted by Gasteiger charge is 2.36. The molecule has 1 heteroatoms. The van der Waals surface area contributed by atoms with Crippen LogP contribution in [0.1, 0.15) is 108 Å². The molecule has 0 aromatic heterocycles. The largest absolute Gasteiger partial charge is 0.239 e. The Labute approximate surface area is 155 Å². The van der Waals surface area contributed by atoms with Crippen LogP contribution in [0.3, 0.4) is 0 Å². The van der Waals surface area contributed by atoms with Crippen LogP contribution in [0.2, 0.25) is 0 Å². The van der Waals surface area contributed by atoms with E-state index in [1.165, 1.54) is 63.4 Å². The van der Waals surface area contributed by atoms with Gasteiger partial charge >= 0.3 is 0 Å².